The van der Waals surface area contributed by atoms with Gasteiger partial charge in [0.25, 0.3) is 0 Å². The first-order valence-corrected chi connectivity index (χ1v) is 10.3. The van der Waals surface area contributed by atoms with Gasteiger partial charge in [-0.3, -0.25) is 0 Å². The lowest BCUT2D eigenvalue weighted by atomic mass is 9.97. The van der Waals surface area contributed by atoms with Gasteiger partial charge in [-0.15, -0.1) is 0 Å². The van der Waals surface area contributed by atoms with Gasteiger partial charge in [-0.05, 0) is 38.5 Å². The van der Waals surface area contributed by atoms with E-state index in [0.717, 1.165) is 26.1 Å². The molecule has 2 rings (SSSR count). The summed E-state index contributed by atoms with van der Waals surface area (Å²) in [6.45, 7) is 6.25. The van der Waals surface area contributed by atoms with Gasteiger partial charge in [0.2, 0.25) is 0 Å². The van der Waals surface area contributed by atoms with Crippen LogP contribution in [0.25, 0.3) is 0 Å². The summed E-state index contributed by atoms with van der Waals surface area (Å²) in [5.74, 6) is 0. The van der Waals surface area contributed by atoms with Gasteiger partial charge in [0.15, 0.2) is 0 Å². The lowest BCUT2D eigenvalue weighted by Gasteiger charge is -2.29. The lowest BCUT2D eigenvalue weighted by Crippen LogP contribution is -2.44. The highest BCUT2D eigenvalue weighted by Gasteiger charge is 2.19. The van der Waals surface area contributed by atoms with Crippen LogP contribution in [0.5, 0.6) is 0 Å². The van der Waals surface area contributed by atoms with Crippen LogP contribution in [0.2, 0.25) is 0 Å². The maximum absolute atomic E-state index is 6.17. The lowest BCUT2D eigenvalue weighted by molar-refractivity contribution is -0.00211. The zero-order valence-electron chi connectivity index (χ0n) is 15.5. The van der Waals surface area contributed by atoms with Crippen molar-refractivity contribution in [2.45, 2.75) is 115 Å². The fraction of sp³-hybridized carbons (Fsp3) is 1.00. The van der Waals surface area contributed by atoms with Crippen molar-refractivity contribution in [1.82, 2.24) is 5.32 Å². The molecule has 2 saturated carbocycles. The average molecular weight is 326 g/mol. The minimum absolute atomic E-state index is 0.469. The van der Waals surface area contributed by atoms with Crippen LogP contribution in [-0.4, -0.2) is 37.5 Å². The van der Waals surface area contributed by atoms with Crippen LogP contribution in [0.4, 0.5) is 0 Å². The Morgan fingerprint density at radius 1 is 0.696 bits per heavy atom. The summed E-state index contributed by atoms with van der Waals surface area (Å²) in [5.41, 5.74) is 0. The summed E-state index contributed by atoms with van der Waals surface area (Å²) in [6, 6.07) is 0.939. The quantitative estimate of drug-likeness (QED) is 0.624. The van der Waals surface area contributed by atoms with Crippen LogP contribution < -0.4 is 5.32 Å². The molecule has 0 heterocycles. The van der Waals surface area contributed by atoms with E-state index in [1.165, 1.54) is 64.2 Å². The third-order valence-electron chi connectivity index (χ3n) is 5.63. The third-order valence-corrected chi connectivity index (χ3v) is 5.63. The molecule has 0 amide bonds. The maximum atomic E-state index is 6.17. The van der Waals surface area contributed by atoms with Gasteiger partial charge in [0.1, 0.15) is 0 Å². The van der Waals surface area contributed by atoms with Crippen LogP contribution in [-0.2, 0) is 9.47 Å². The summed E-state index contributed by atoms with van der Waals surface area (Å²) in [4.78, 5) is 0. The average Bonchev–Trinajstić information content (AvgIpc) is 2.63. The predicted octanol–water partition coefficient (Wildman–Crippen LogP) is 4.83. The van der Waals surface area contributed by atoms with E-state index < -0.39 is 0 Å². The maximum Gasteiger partial charge on any atom is 0.0623 e. The van der Waals surface area contributed by atoms with E-state index in [0.29, 0.717) is 24.3 Å². The smallest absolute Gasteiger partial charge is 0.0623 e. The van der Waals surface area contributed by atoms with Gasteiger partial charge in [-0.25, -0.2) is 0 Å². The molecule has 1 N–H and O–H groups in total. The minimum atomic E-state index is 0.469. The Balaban J connectivity index is 1.64. The Morgan fingerprint density at radius 2 is 1.09 bits per heavy atom. The summed E-state index contributed by atoms with van der Waals surface area (Å²) in [7, 11) is 0. The highest BCUT2D eigenvalue weighted by atomic mass is 16.5. The zero-order valence-corrected chi connectivity index (χ0v) is 15.5. The van der Waals surface area contributed by atoms with E-state index in [1.54, 1.807) is 0 Å². The van der Waals surface area contributed by atoms with Gasteiger partial charge in [0, 0.05) is 12.1 Å². The number of ether oxygens (including phenoxy) is 2. The Labute approximate surface area is 143 Å². The third kappa shape index (κ3) is 7.53. The standard InChI is InChI=1S/C20H39NO2/c1-3-17(15-22-19-11-7-5-8-12-19)21-18(4-2)16-23-20-13-9-6-10-14-20/h17-21H,3-16H2,1-2H3. The van der Waals surface area contributed by atoms with E-state index in [4.69, 9.17) is 9.47 Å². The van der Waals surface area contributed by atoms with Crippen LogP contribution in [0.1, 0.15) is 90.9 Å². The molecule has 2 fully saturated rings. The molecular weight excluding hydrogens is 286 g/mol. The SMILES string of the molecule is CCC(COC1CCCCC1)NC(CC)COC1CCCCC1. The van der Waals surface area contributed by atoms with Crippen molar-refractivity contribution in [2.24, 2.45) is 0 Å². The Morgan fingerprint density at radius 3 is 1.43 bits per heavy atom. The summed E-state index contributed by atoms with van der Waals surface area (Å²) >= 11 is 0. The van der Waals surface area contributed by atoms with Crippen LogP contribution >= 0.6 is 0 Å². The van der Waals surface area contributed by atoms with Crippen molar-refractivity contribution in [3.8, 4) is 0 Å². The molecular formula is C20H39NO2. The first-order chi connectivity index (χ1) is 11.3. The molecule has 0 radical (unpaired) electrons. The molecule has 2 aliphatic carbocycles. The molecule has 2 unspecified atom stereocenters. The van der Waals surface area contributed by atoms with Crippen molar-refractivity contribution in [3.63, 3.8) is 0 Å². The number of hydrogen-bond acceptors (Lipinski definition) is 3. The molecule has 3 heteroatoms. The van der Waals surface area contributed by atoms with Gasteiger partial charge in [0.05, 0.1) is 25.4 Å². The Bertz CT molecular complexity index is 257. The van der Waals surface area contributed by atoms with Crippen LogP contribution in [0, 0.1) is 0 Å². The van der Waals surface area contributed by atoms with Gasteiger partial charge in [-0.2, -0.15) is 0 Å². The van der Waals surface area contributed by atoms with Crippen LogP contribution in [0.15, 0.2) is 0 Å². The van der Waals surface area contributed by atoms with Crippen molar-refractivity contribution >= 4 is 0 Å². The highest BCUT2D eigenvalue weighted by Crippen LogP contribution is 2.21. The predicted molar refractivity (Wildman–Crippen MR) is 96.9 cm³/mol. The summed E-state index contributed by atoms with van der Waals surface area (Å²) in [6.07, 6.45) is 16.5. The monoisotopic (exact) mass is 325 g/mol. The topological polar surface area (TPSA) is 30.5 Å². The molecule has 0 bridgehead atoms. The molecule has 2 atom stereocenters. The van der Waals surface area contributed by atoms with Crippen molar-refractivity contribution < 1.29 is 9.47 Å². The van der Waals surface area contributed by atoms with Crippen molar-refractivity contribution in [1.29, 1.82) is 0 Å². The van der Waals surface area contributed by atoms with Crippen molar-refractivity contribution in [2.75, 3.05) is 13.2 Å². The minimum Gasteiger partial charge on any atom is -0.377 e. The number of rotatable bonds is 10. The van der Waals surface area contributed by atoms with Crippen molar-refractivity contribution in [3.05, 3.63) is 0 Å². The molecule has 0 aromatic rings. The second kappa shape index (κ2) is 11.4. The fourth-order valence-corrected chi connectivity index (χ4v) is 3.87. The zero-order chi connectivity index (χ0) is 16.3. The van der Waals surface area contributed by atoms with E-state index >= 15 is 0 Å². The molecule has 0 aliphatic heterocycles. The molecule has 0 aromatic carbocycles. The van der Waals surface area contributed by atoms with Gasteiger partial charge in [-0.1, -0.05) is 52.4 Å². The fourth-order valence-electron chi connectivity index (χ4n) is 3.87. The van der Waals surface area contributed by atoms with E-state index in [9.17, 15) is 0 Å². The molecule has 0 aromatic heterocycles. The number of hydrogen-bond donors (Lipinski definition) is 1. The highest BCUT2D eigenvalue weighted by molar-refractivity contribution is 4.75. The first kappa shape index (κ1) is 19.2. The largest absolute Gasteiger partial charge is 0.377 e. The Hall–Kier alpha value is -0.120. The molecule has 136 valence electrons. The van der Waals surface area contributed by atoms with E-state index in [1.807, 2.05) is 0 Å². The normalized spacial score (nSPS) is 23.7. The molecule has 23 heavy (non-hydrogen) atoms. The van der Waals surface area contributed by atoms with Crippen LogP contribution in [0.3, 0.4) is 0 Å². The number of nitrogens with one attached hydrogen (secondary N) is 1. The summed E-state index contributed by atoms with van der Waals surface area (Å²) in [5, 5.41) is 3.78. The molecule has 0 saturated heterocycles. The molecule has 0 spiro atoms. The van der Waals surface area contributed by atoms with Gasteiger partial charge < -0.3 is 14.8 Å². The van der Waals surface area contributed by atoms with E-state index in [2.05, 4.69) is 19.2 Å². The van der Waals surface area contributed by atoms with E-state index in [-0.39, 0.29) is 0 Å². The Kier molecular flexibility index (Phi) is 9.55. The second-order valence-electron chi connectivity index (χ2n) is 7.56. The first-order valence-electron chi connectivity index (χ1n) is 10.3. The summed E-state index contributed by atoms with van der Waals surface area (Å²) < 4.78 is 12.3. The van der Waals surface area contributed by atoms with Gasteiger partial charge >= 0.3 is 0 Å². The molecule has 2 aliphatic rings. The second-order valence-corrected chi connectivity index (χ2v) is 7.56. The molecule has 3 nitrogen and oxygen atoms in total.